The number of carbonyl (C=O) groups is 1. The third-order valence-electron chi connectivity index (χ3n) is 6.27. The van der Waals surface area contributed by atoms with E-state index < -0.39 is 10.0 Å². The molecule has 7 nitrogen and oxygen atoms in total. The number of nitrogens with one attached hydrogen (secondary N) is 1. The average Bonchev–Trinajstić information content (AvgIpc) is 2.86. The zero-order valence-corrected chi connectivity index (χ0v) is 19.4. The van der Waals surface area contributed by atoms with Gasteiger partial charge in [0.15, 0.2) is 0 Å². The van der Waals surface area contributed by atoms with Crippen LogP contribution >= 0.6 is 0 Å². The Bertz CT molecular complexity index is 1030. The van der Waals surface area contributed by atoms with Gasteiger partial charge in [0.25, 0.3) is 5.91 Å². The minimum Gasteiger partial charge on any atom is -0.379 e. The molecule has 33 heavy (non-hydrogen) atoms. The highest BCUT2D eigenvalue weighted by molar-refractivity contribution is 7.89. The Labute approximate surface area is 194 Å². The summed E-state index contributed by atoms with van der Waals surface area (Å²) in [5.74, 6) is -0.583. The van der Waals surface area contributed by atoms with Crippen LogP contribution in [0.1, 0.15) is 41.2 Å². The lowest BCUT2D eigenvalue weighted by atomic mass is 10.0. The quantitative estimate of drug-likeness (QED) is 0.666. The van der Waals surface area contributed by atoms with E-state index in [4.69, 9.17) is 4.74 Å². The minimum absolute atomic E-state index is 0.114. The molecule has 2 heterocycles. The van der Waals surface area contributed by atoms with Crippen LogP contribution in [0.25, 0.3) is 0 Å². The summed E-state index contributed by atoms with van der Waals surface area (Å²) >= 11 is 0. The molecular formula is C24H30FN3O4S. The summed E-state index contributed by atoms with van der Waals surface area (Å²) in [7, 11) is -3.53. The number of morpholine rings is 1. The SMILES string of the molecule is O=C(NCC(c1ccc(F)cc1)N1CCOCC1)c1ccc(S(=O)(=O)N2CCCCC2)cc1. The topological polar surface area (TPSA) is 79.0 Å². The normalized spacial score (nSPS) is 19.2. The molecule has 0 spiro atoms. The monoisotopic (exact) mass is 475 g/mol. The van der Waals surface area contributed by atoms with Gasteiger partial charge in [-0.1, -0.05) is 18.6 Å². The van der Waals surface area contributed by atoms with Crippen molar-refractivity contribution in [3.63, 3.8) is 0 Å². The van der Waals surface area contributed by atoms with Gasteiger partial charge in [0, 0.05) is 38.3 Å². The van der Waals surface area contributed by atoms with Gasteiger partial charge < -0.3 is 10.1 Å². The standard InChI is InChI=1S/C24H30FN3O4S/c25-21-8-4-19(5-9-21)23(27-14-16-32-17-15-27)18-26-24(29)20-6-10-22(11-7-20)33(30,31)28-12-2-1-3-13-28/h4-11,23H,1-3,12-18H2,(H,26,29). The number of rotatable bonds is 7. The van der Waals surface area contributed by atoms with E-state index in [2.05, 4.69) is 10.2 Å². The summed E-state index contributed by atoms with van der Waals surface area (Å²) in [5.41, 5.74) is 1.31. The molecule has 1 amide bonds. The van der Waals surface area contributed by atoms with Gasteiger partial charge in [-0.3, -0.25) is 9.69 Å². The Kier molecular flexibility index (Phi) is 7.75. The molecule has 1 atom stereocenters. The molecule has 178 valence electrons. The Balaban J connectivity index is 1.43. The lowest BCUT2D eigenvalue weighted by Gasteiger charge is -2.35. The highest BCUT2D eigenvalue weighted by Gasteiger charge is 2.26. The van der Waals surface area contributed by atoms with Crippen molar-refractivity contribution in [2.45, 2.75) is 30.2 Å². The number of hydrogen-bond donors (Lipinski definition) is 1. The van der Waals surface area contributed by atoms with Crippen LogP contribution in [-0.2, 0) is 14.8 Å². The fourth-order valence-electron chi connectivity index (χ4n) is 4.36. The number of benzene rings is 2. The second-order valence-corrected chi connectivity index (χ2v) is 10.4. The summed E-state index contributed by atoms with van der Waals surface area (Å²) < 4.78 is 46.0. The molecule has 0 aliphatic carbocycles. The average molecular weight is 476 g/mol. The molecule has 2 aliphatic heterocycles. The maximum Gasteiger partial charge on any atom is 0.251 e. The molecule has 0 radical (unpaired) electrons. The molecule has 2 saturated heterocycles. The Morgan fingerprint density at radius 3 is 2.21 bits per heavy atom. The number of piperidine rings is 1. The predicted molar refractivity (Wildman–Crippen MR) is 123 cm³/mol. The molecule has 2 aromatic carbocycles. The smallest absolute Gasteiger partial charge is 0.251 e. The Hall–Kier alpha value is -2.33. The van der Waals surface area contributed by atoms with Gasteiger partial charge in [-0.05, 0) is 54.8 Å². The molecule has 0 saturated carbocycles. The zero-order chi connectivity index (χ0) is 23.3. The first kappa shape index (κ1) is 23.8. The second-order valence-electron chi connectivity index (χ2n) is 8.41. The van der Waals surface area contributed by atoms with E-state index >= 15 is 0 Å². The summed E-state index contributed by atoms with van der Waals surface area (Å²) in [5, 5.41) is 2.96. The van der Waals surface area contributed by atoms with Crippen LogP contribution < -0.4 is 5.32 Å². The molecule has 1 unspecified atom stereocenters. The second kappa shape index (κ2) is 10.7. The highest BCUT2D eigenvalue weighted by Crippen LogP contribution is 2.23. The van der Waals surface area contributed by atoms with Crippen molar-refractivity contribution < 1.29 is 22.3 Å². The van der Waals surface area contributed by atoms with Crippen molar-refractivity contribution >= 4 is 15.9 Å². The van der Waals surface area contributed by atoms with Gasteiger partial charge in [-0.2, -0.15) is 4.31 Å². The minimum atomic E-state index is -3.53. The number of hydrogen-bond acceptors (Lipinski definition) is 5. The van der Waals surface area contributed by atoms with Crippen molar-refractivity contribution in [3.05, 3.63) is 65.5 Å². The number of sulfonamides is 1. The van der Waals surface area contributed by atoms with Crippen molar-refractivity contribution in [2.24, 2.45) is 0 Å². The van der Waals surface area contributed by atoms with E-state index in [-0.39, 0.29) is 22.7 Å². The van der Waals surface area contributed by atoms with Crippen LogP contribution in [0.4, 0.5) is 4.39 Å². The molecule has 0 bridgehead atoms. The first-order valence-corrected chi connectivity index (χ1v) is 12.8. The van der Waals surface area contributed by atoms with Crippen LogP contribution in [0.2, 0.25) is 0 Å². The molecule has 9 heteroatoms. The third kappa shape index (κ3) is 5.78. The number of ether oxygens (including phenoxy) is 1. The van der Waals surface area contributed by atoms with E-state index in [0.717, 1.165) is 37.9 Å². The van der Waals surface area contributed by atoms with Crippen LogP contribution in [0.5, 0.6) is 0 Å². The first-order chi connectivity index (χ1) is 15.9. The van der Waals surface area contributed by atoms with Gasteiger partial charge >= 0.3 is 0 Å². The summed E-state index contributed by atoms with van der Waals surface area (Å²) in [6.07, 6.45) is 2.80. The molecule has 2 fully saturated rings. The van der Waals surface area contributed by atoms with Gasteiger partial charge in [0.05, 0.1) is 24.2 Å². The van der Waals surface area contributed by atoms with Crippen molar-refractivity contribution in [1.29, 1.82) is 0 Å². The Morgan fingerprint density at radius 1 is 0.939 bits per heavy atom. The summed E-state index contributed by atoms with van der Waals surface area (Å²) in [6.45, 7) is 4.09. The van der Waals surface area contributed by atoms with E-state index in [1.54, 1.807) is 24.3 Å². The fourth-order valence-corrected chi connectivity index (χ4v) is 5.87. The third-order valence-corrected chi connectivity index (χ3v) is 8.18. The molecule has 1 N–H and O–H groups in total. The lowest BCUT2D eigenvalue weighted by Crippen LogP contribution is -2.43. The van der Waals surface area contributed by atoms with E-state index in [0.29, 0.717) is 38.4 Å². The maximum absolute atomic E-state index is 13.4. The molecule has 2 aliphatic rings. The van der Waals surface area contributed by atoms with Gasteiger partial charge in [0.1, 0.15) is 5.82 Å². The van der Waals surface area contributed by atoms with Crippen LogP contribution in [0.3, 0.4) is 0 Å². The summed E-state index contributed by atoms with van der Waals surface area (Å²) in [6, 6.07) is 12.3. The van der Waals surface area contributed by atoms with Crippen molar-refractivity contribution in [1.82, 2.24) is 14.5 Å². The maximum atomic E-state index is 13.4. The summed E-state index contributed by atoms with van der Waals surface area (Å²) in [4.78, 5) is 15.2. The van der Waals surface area contributed by atoms with E-state index in [9.17, 15) is 17.6 Å². The molecule has 2 aromatic rings. The fraction of sp³-hybridized carbons (Fsp3) is 0.458. The highest BCUT2D eigenvalue weighted by atomic mass is 32.2. The molecule has 0 aromatic heterocycles. The number of nitrogens with zero attached hydrogens (tertiary/aromatic N) is 2. The van der Waals surface area contributed by atoms with Gasteiger partial charge in [-0.15, -0.1) is 0 Å². The molecule has 4 rings (SSSR count). The van der Waals surface area contributed by atoms with Gasteiger partial charge in [0.2, 0.25) is 10.0 Å². The first-order valence-electron chi connectivity index (χ1n) is 11.4. The predicted octanol–water partition coefficient (Wildman–Crippen LogP) is 2.80. The van der Waals surface area contributed by atoms with Crippen LogP contribution in [0.15, 0.2) is 53.4 Å². The van der Waals surface area contributed by atoms with E-state index in [1.165, 1.54) is 28.6 Å². The van der Waals surface area contributed by atoms with Gasteiger partial charge in [-0.25, -0.2) is 12.8 Å². The van der Waals surface area contributed by atoms with Crippen molar-refractivity contribution in [3.8, 4) is 0 Å². The molecular weight excluding hydrogens is 445 g/mol. The lowest BCUT2D eigenvalue weighted by molar-refractivity contribution is 0.0162. The Morgan fingerprint density at radius 2 is 1.58 bits per heavy atom. The van der Waals surface area contributed by atoms with Crippen molar-refractivity contribution in [2.75, 3.05) is 45.9 Å². The zero-order valence-electron chi connectivity index (χ0n) is 18.6. The van der Waals surface area contributed by atoms with Crippen LogP contribution in [0, 0.1) is 5.82 Å². The number of amides is 1. The van der Waals surface area contributed by atoms with Crippen LogP contribution in [-0.4, -0.2) is 69.5 Å². The number of halogens is 1. The number of carbonyl (C=O) groups excluding carboxylic acids is 1. The van der Waals surface area contributed by atoms with E-state index in [1.807, 2.05) is 0 Å². The largest absolute Gasteiger partial charge is 0.379 e.